The molecule has 0 aliphatic carbocycles. The maximum Gasteiger partial charge on any atom is 0.134 e. The number of hydrogen-bond acceptors (Lipinski definition) is 2. The van der Waals surface area contributed by atoms with Gasteiger partial charge in [0.05, 0.1) is 6.04 Å². The van der Waals surface area contributed by atoms with Crippen LogP contribution in [0.5, 0.6) is 0 Å². The molecule has 0 fully saturated rings. The van der Waals surface area contributed by atoms with Gasteiger partial charge in [0.1, 0.15) is 28.8 Å². The van der Waals surface area contributed by atoms with E-state index in [0.717, 1.165) is 18.2 Å². The molecule has 20 heavy (non-hydrogen) atoms. The predicted molar refractivity (Wildman–Crippen MR) is 68.6 cm³/mol. The zero-order valence-electron chi connectivity index (χ0n) is 10.2. The van der Waals surface area contributed by atoms with E-state index in [0.29, 0.717) is 16.7 Å². The minimum absolute atomic E-state index is 0.252. The molecule has 0 aliphatic rings. The van der Waals surface area contributed by atoms with Crippen molar-refractivity contribution < 1.29 is 17.6 Å². The molecule has 0 spiro atoms. The number of nitrogens with two attached hydrogens (primary N) is 1. The predicted octanol–water partition coefficient (Wildman–Crippen LogP) is 3.90. The molecular weight excluding hydrogens is 267 g/mol. The van der Waals surface area contributed by atoms with Crippen LogP contribution >= 0.6 is 0 Å². The van der Waals surface area contributed by atoms with E-state index < -0.39 is 23.5 Å². The number of furan rings is 1. The van der Waals surface area contributed by atoms with Crippen LogP contribution in [0, 0.1) is 17.5 Å². The fourth-order valence-electron chi connectivity index (χ4n) is 2.11. The highest BCUT2D eigenvalue weighted by atomic mass is 19.1. The van der Waals surface area contributed by atoms with Crippen molar-refractivity contribution in [3.05, 3.63) is 71.2 Å². The highest BCUT2D eigenvalue weighted by Gasteiger charge is 2.16. The molecule has 1 aromatic heterocycles. The molecule has 0 saturated carbocycles. The van der Waals surface area contributed by atoms with Gasteiger partial charge in [-0.25, -0.2) is 13.2 Å². The Kier molecular flexibility index (Phi) is 2.99. The van der Waals surface area contributed by atoms with Crippen LogP contribution in [0.1, 0.15) is 17.4 Å². The van der Waals surface area contributed by atoms with Crippen LogP contribution in [0.4, 0.5) is 13.2 Å². The number of hydrogen-bond donors (Lipinski definition) is 1. The minimum Gasteiger partial charge on any atom is -0.459 e. The van der Waals surface area contributed by atoms with Gasteiger partial charge in [-0.1, -0.05) is 0 Å². The van der Waals surface area contributed by atoms with Gasteiger partial charge < -0.3 is 10.2 Å². The molecule has 1 heterocycles. The molecule has 0 amide bonds. The van der Waals surface area contributed by atoms with E-state index in [9.17, 15) is 13.2 Å². The Balaban J connectivity index is 2.05. The molecule has 3 aromatic rings. The molecule has 3 rings (SSSR count). The normalized spacial score (nSPS) is 12.8. The van der Waals surface area contributed by atoms with Crippen LogP contribution in [0.3, 0.4) is 0 Å². The number of halogens is 3. The van der Waals surface area contributed by atoms with Gasteiger partial charge in [0.15, 0.2) is 0 Å². The molecular formula is C15H10F3NO. The third-order valence-corrected chi connectivity index (χ3v) is 3.05. The van der Waals surface area contributed by atoms with E-state index in [1.807, 2.05) is 0 Å². The smallest absolute Gasteiger partial charge is 0.134 e. The number of benzene rings is 2. The van der Waals surface area contributed by atoms with Gasteiger partial charge in [0.25, 0.3) is 0 Å². The largest absolute Gasteiger partial charge is 0.459 e. The van der Waals surface area contributed by atoms with Crippen molar-refractivity contribution in [3.8, 4) is 0 Å². The van der Waals surface area contributed by atoms with Crippen LogP contribution < -0.4 is 5.73 Å². The summed E-state index contributed by atoms with van der Waals surface area (Å²) in [4.78, 5) is 0. The Hall–Kier alpha value is -2.27. The fourth-order valence-corrected chi connectivity index (χ4v) is 2.11. The zero-order chi connectivity index (χ0) is 14.3. The molecule has 0 bridgehead atoms. The SMILES string of the molecule is NC(c1cc(F)cc(F)c1)c1cc2cc(F)ccc2o1. The van der Waals surface area contributed by atoms with E-state index in [2.05, 4.69) is 0 Å². The van der Waals surface area contributed by atoms with Crippen LogP contribution in [-0.4, -0.2) is 0 Å². The van der Waals surface area contributed by atoms with E-state index in [1.54, 1.807) is 6.07 Å². The van der Waals surface area contributed by atoms with E-state index in [1.165, 1.54) is 18.2 Å². The van der Waals surface area contributed by atoms with Crippen molar-refractivity contribution in [2.75, 3.05) is 0 Å². The zero-order valence-corrected chi connectivity index (χ0v) is 10.2. The second kappa shape index (κ2) is 4.68. The highest BCUT2D eigenvalue weighted by Crippen LogP contribution is 2.27. The second-order valence-corrected chi connectivity index (χ2v) is 4.51. The Morgan fingerprint density at radius 2 is 1.55 bits per heavy atom. The van der Waals surface area contributed by atoms with Gasteiger partial charge in [-0.05, 0) is 42.0 Å². The molecule has 1 unspecified atom stereocenters. The average molecular weight is 277 g/mol. The van der Waals surface area contributed by atoms with Crippen molar-refractivity contribution in [3.63, 3.8) is 0 Å². The first-order valence-electron chi connectivity index (χ1n) is 5.93. The monoisotopic (exact) mass is 277 g/mol. The second-order valence-electron chi connectivity index (χ2n) is 4.51. The molecule has 1 atom stereocenters. The van der Waals surface area contributed by atoms with Gasteiger partial charge in [0.2, 0.25) is 0 Å². The standard InChI is InChI=1S/C15H10F3NO/c16-10-1-2-13-8(3-10)6-14(20-13)15(19)9-4-11(17)7-12(18)5-9/h1-7,15H,19H2. The molecule has 102 valence electrons. The Morgan fingerprint density at radius 1 is 0.850 bits per heavy atom. The van der Waals surface area contributed by atoms with Gasteiger partial charge in [0, 0.05) is 11.5 Å². The van der Waals surface area contributed by atoms with Crippen LogP contribution in [0.2, 0.25) is 0 Å². The first kappa shape index (κ1) is 12.7. The molecule has 0 aliphatic heterocycles. The topological polar surface area (TPSA) is 39.2 Å². The van der Waals surface area contributed by atoms with Crippen molar-refractivity contribution in [1.29, 1.82) is 0 Å². The maximum atomic E-state index is 13.2. The summed E-state index contributed by atoms with van der Waals surface area (Å²) in [6.45, 7) is 0. The third kappa shape index (κ3) is 2.28. The lowest BCUT2D eigenvalue weighted by molar-refractivity contribution is 0.519. The molecule has 2 N–H and O–H groups in total. The summed E-state index contributed by atoms with van der Waals surface area (Å²) in [5, 5.41) is 0.548. The summed E-state index contributed by atoms with van der Waals surface area (Å²) in [6.07, 6.45) is 0. The van der Waals surface area contributed by atoms with E-state index >= 15 is 0 Å². The Morgan fingerprint density at radius 3 is 2.25 bits per heavy atom. The first-order chi connectivity index (χ1) is 9.52. The van der Waals surface area contributed by atoms with Gasteiger partial charge in [-0.15, -0.1) is 0 Å². The van der Waals surface area contributed by atoms with Crippen LogP contribution in [-0.2, 0) is 0 Å². The maximum absolute atomic E-state index is 13.2. The lowest BCUT2D eigenvalue weighted by Crippen LogP contribution is -2.11. The van der Waals surface area contributed by atoms with E-state index in [4.69, 9.17) is 10.2 Å². The summed E-state index contributed by atoms with van der Waals surface area (Å²) in [6, 6.07) is 7.84. The minimum atomic E-state index is -0.823. The summed E-state index contributed by atoms with van der Waals surface area (Å²) in [5.41, 5.74) is 6.65. The molecule has 0 radical (unpaired) electrons. The van der Waals surface area contributed by atoms with Crippen molar-refractivity contribution in [1.82, 2.24) is 0 Å². The molecule has 0 saturated heterocycles. The lowest BCUT2D eigenvalue weighted by Gasteiger charge is -2.09. The summed E-state index contributed by atoms with van der Waals surface area (Å²) < 4.78 is 45.0. The number of rotatable bonds is 2. The Bertz CT molecular complexity index is 762. The highest BCUT2D eigenvalue weighted by molar-refractivity contribution is 5.78. The quantitative estimate of drug-likeness (QED) is 0.771. The summed E-state index contributed by atoms with van der Waals surface area (Å²) in [5.74, 6) is -1.50. The van der Waals surface area contributed by atoms with Crippen molar-refractivity contribution >= 4 is 11.0 Å². The van der Waals surface area contributed by atoms with Gasteiger partial charge in [-0.2, -0.15) is 0 Å². The van der Waals surface area contributed by atoms with Gasteiger partial charge >= 0.3 is 0 Å². The lowest BCUT2D eigenvalue weighted by atomic mass is 10.0. The molecule has 2 aromatic carbocycles. The van der Waals surface area contributed by atoms with Crippen LogP contribution in [0.15, 0.2) is 46.9 Å². The number of fused-ring (bicyclic) bond motifs is 1. The molecule has 2 nitrogen and oxygen atoms in total. The molecule has 5 heteroatoms. The Labute approximate surface area is 112 Å². The fraction of sp³-hybridized carbons (Fsp3) is 0.0667. The van der Waals surface area contributed by atoms with Crippen molar-refractivity contribution in [2.45, 2.75) is 6.04 Å². The van der Waals surface area contributed by atoms with Crippen molar-refractivity contribution in [2.24, 2.45) is 5.73 Å². The van der Waals surface area contributed by atoms with Gasteiger partial charge in [-0.3, -0.25) is 0 Å². The summed E-state index contributed by atoms with van der Waals surface area (Å²) in [7, 11) is 0. The first-order valence-corrected chi connectivity index (χ1v) is 5.93. The van der Waals surface area contributed by atoms with Crippen LogP contribution in [0.25, 0.3) is 11.0 Å². The summed E-state index contributed by atoms with van der Waals surface area (Å²) >= 11 is 0. The van der Waals surface area contributed by atoms with E-state index in [-0.39, 0.29) is 5.56 Å². The average Bonchev–Trinajstić information content (AvgIpc) is 2.79. The third-order valence-electron chi connectivity index (χ3n) is 3.05.